The minimum absolute atomic E-state index is 0.169. The zero-order chi connectivity index (χ0) is 14.8. The second-order valence-corrected chi connectivity index (χ2v) is 6.42. The smallest absolute Gasteiger partial charge is 0.236 e. The zero-order valence-electron chi connectivity index (χ0n) is 13.0. The van der Waals surface area contributed by atoms with Gasteiger partial charge in [0.05, 0.1) is 13.1 Å². The lowest BCUT2D eigenvalue weighted by atomic mass is 9.94. The van der Waals surface area contributed by atoms with Gasteiger partial charge in [0.25, 0.3) is 0 Å². The molecule has 2 atom stereocenters. The van der Waals surface area contributed by atoms with Gasteiger partial charge in [0, 0.05) is 26.2 Å². The van der Waals surface area contributed by atoms with Crippen LogP contribution in [0.4, 0.5) is 0 Å². The third-order valence-corrected chi connectivity index (χ3v) is 4.65. The number of carbonyl (C=O) groups is 1. The Hall–Kier alpha value is -1.33. The van der Waals surface area contributed by atoms with Gasteiger partial charge >= 0.3 is 0 Å². The highest BCUT2D eigenvalue weighted by molar-refractivity contribution is 5.78. The number of hydrogen-bond acceptors (Lipinski definition) is 4. The summed E-state index contributed by atoms with van der Waals surface area (Å²) in [4.78, 5) is 16.4. The summed E-state index contributed by atoms with van der Waals surface area (Å²) < 4.78 is 5.53. The maximum atomic E-state index is 12.3. The van der Waals surface area contributed by atoms with Gasteiger partial charge < -0.3 is 14.6 Å². The monoisotopic (exact) mass is 291 g/mol. The molecule has 1 aromatic heterocycles. The van der Waals surface area contributed by atoms with Crippen molar-refractivity contribution in [2.75, 3.05) is 33.2 Å². The normalized spacial score (nSPS) is 25.8. The Kier molecular flexibility index (Phi) is 4.31. The molecule has 3 heterocycles. The predicted molar refractivity (Wildman–Crippen MR) is 80.9 cm³/mol. The van der Waals surface area contributed by atoms with E-state index in [2.05, 4.69) is 10.2 Å². The fourth-order valence-corrected chi connectivity index (χ4v) is 3.47. The van der Waals surface area contributed by atoms with Crippen LogP contribution in [0, 0.1) is 12.8 Å². The molecule has 0 unspecified atom stereocenters. The van der Waals surface area contributed by atoms with Crippen molar-refractivity contribution >= 4 is 5.91 Å². The molecule has 0 spiro atoms. The van der Waals surface area contributed by atoms with Crippen LogP contribution in [0.3, 0.4) is 0 Å². The van der Waals surface area contributed by atoms with Crippen molar-refractivity contribution in [3.8, 4) is 0 Å². The molecule has 21 heavy (non-hydrogen) atoms. The third kappa shape index (κ3) is 3.47. The van der Waals surface area contributed by atoms with E-state index in [0.29, 0.717) is 19.1 Å². The Labute approximate surface area is 126 Å². The van der Waals surface area contributed by atoms with E-state index in [4.69, 9.17) is 4.42 Å². The van der Waals surface area contributed by atoms with Crippen LogP contribution >= 0.6 is 0 Å². The molecule has 0 aromatic carbocycles. The lowest BCUT2D eigenvalue weighted by molar-refractivity contribution is -0.131. The van der Waals surface area contributed by atoms with Crippen molar-refractivity contribution in [1.29, 1.82) is 0 Å². The summed E-state index contributed by atoms with van der Waals surface area (Å²) in [6, 6.07) is 4.46. The molecule has 2 fully saturated rings. The predicted octanol–water partition coefficient (Wildman–Crippen LogP) is 1.23. The number of piperidine rings is 1. The Morgan fingerprint density at radius 3 is 3.05 bits per heavy atom. The minimum atomic E-state index is 0.169. The first-order chi connectivity index (χ1) is 10.1. The number of likely N-dealkylation sites (tertiary alicyclic amines) is 1. The molecule has 0 aliphatic carbocycles. The molecule has 0 radical (unpaired) electrons. The van der Waals surface area contributed by atoms with Crippen LogP contribution in [0.2, 0.25) is 0 Å². The molecule has 1 aromatic rings. The highest BCUT2D eigenvalue weighted by Crippen LogP contribution is 2.24. The number of rotatable bonds is 4. The molecule has 5 heteroatoms. The van der Waals surface area contributed by atoms with Gasteiger partial charge in [-0.25, -0.2) is 0 Å². The third-order valence-electron chi connectivity index (χ3n) is 4.65. The van der Waals surface area contributed by atoms with E-state index in [1.54, 1.807) is 4.90 Å². The average Bonchev–Trinajstić information content (AvgIpc) is 3.04. The van der Waals surface area contributed by atoms with Crippen LogP contribution in [0.15, 0.2) is 16.5 Å². The number of likely N-dealkylation sites (N-methyl/N-ethyl adjacent to an activating group) is 1. The van der Waals surface area contributed by atoms with E-state index < -0.39 is 0 Å². The molecule has 1 N–H and O–H groups in total. The first-order valence-electron chi connectivity index (χ1n) is 7.87. The van der Waals surface area contributed by atoms with Crippen LogP contribution in [0.25, 0.3) is 0 Å². The highest BCUT2D eigenvalue weighted by Gasteiger charge is 2.35. The molecule has 0 saturated carbocycles. The largest absolute Gasteiger partial charge is 0.464 e. The Morgan fingerprint density at radius 1 is 1.48 bits per heavy atom. The molecule has 3 rings (SSSR count). The number of carbonyl (C=O) groups excluding carboxylic acids is 1. The van der Waals surface area contributed by atoms with E-state index in [1.807, 2.05) is 26.1 Å². The molecule has 2 aliphatic heterocycles. The van der Waals surface area contributed by atoms with Crippen LogP contribution in [-0.4, -0.2) is 55.0 Å². The van der Waals surface area contributed by atoms with Gasteiger partial charge in [0.2, 0.25) is 5.91 Å². The Morgan fingerprint density at radius 2 is 2.33 bits per heavy atom. The molecule has 2 aliphatic rings. The van der Waals surface area contributed by atoms with Gasteiger partial charge in [-0.1, -0.05) is 0 Å². The van der Waals surface area contributed by atoms with Crippen molar-refractivity contribution in [3.05, 3.63) is 23.7 Å². The van der Waals surface area contributed by atoms with Crippen LogP contribution in [-0.2, 0) is 11.3 Å². The lowest BCUT2D eigenvalue weighted by Gasteiger charge is -2.24. The fourth-order valence-electron chi connectivity index (χ4n) is 3.47. The summed E-state index contributed by atoms with van der Waals surface area (Å²) in [5, 5.41) is 3.57. The maximum absolute atomic E-state index is 12.3. The van der Waals surface area contributed by atoms with Crippen molar-refractivity contribution in [3.63, 3.8) is 0 Å². The average molecular weight is 291 g/mol. The summed E-state index contributed by atoms with van der Waals surface area (Å²) in [6.45, 7) is 6.17. The molecular formula is C16H25N3O2. The second-order valence-electron chi connectivity index (χ2n) is 6.42. The van der Waals surface area contributed by atoms with Crippen molar-refractivity contribution in [1.82, 2.24) is 15.1 Å². The summed E-state index contributed by atoms with van der Waals surface area (Å²) >= 11 is 0. The second kappa shape index (κ2) is 6.20. The Balaban J connectivity index is 1.49. The van der Waals surface area contributed by atoms with Crippen molar-refractivity contribution < 1.29 is 9.21 Å². The summed E-state index contributed by atoms with van der Waals surface area (Å²) in [5.74, 6) is 2.63. The van der Waals surface area contributed by atoms with E-state index >= 15 is 0 Å². The van der Waals surface area contributed by atoms with Crippen molar-refractivity contribution in [2.45, 2.75) is 32.4 Å². The van der Waals surface area contributed by atoms with E-state index in [1.165, 1.54) is 12.8 Å². The molecule has 0 bridgehead atoms. The molecule has 5 nitrogen and oxygen atoms in total. The number of amides is 1. The van der Waals surface area contributed by atoms with Crippen LogP contribution in [0.1, 0.15) is 24.4 Å². The molecule has 1 amide bonds. The summed E-state index contributed by atoms with van der Waals surface area (Å²) in [5.41, 5.74) is 0. The minimum Gasteiger partial charge on any atom is -0.464 e. The number of nitrogens with zero attached hydrogens (tertiary/aromatic N) is 2. The topological polar surface area (TPSA) is 48.7 Å². The Bertz CT molecular complexity index is 485. The first kappa shape index (κ1) is 14.6. The van der Waals surface area contributed by atoms with E-state index in [-0.39, 0.29) is 5.91 Å². The summed E-state index contributed by atoms with van der Waals surface area (Å²) in [6.07, 6.45) is 2.56. The summed E-state index contributed by atoms with van der Waals surface area (Å²) in [7, 11) is 1.85. The van der Waals surface area contributed by atoms with Gasteiger partial charge in [-0.3, -0.25) is 9.69 Å². The highest BCUT2D eigenvalue weighted by atomic mass is 16.3. The van der Waals surface area contributed by atoms with E-state index in [9.17, 15) is 4.79 Å². The number of hydrogen-bond donors (Lipinski definition) is 1. The van der Waals surface area contributed by atoms with Crippen molar-refractivity contribution in [2.24, 2.45) is 5.92 Å². The van der Waals surface area contributed by atoms with Gasteiger partial charge in [-0.15, -0.1) is 0 Å². The number of aryl methyl sites for hydroxylation is 1. The van der Waals surface area contributed by atoms with Crippen LogP contribution < -0.4 is 5.32 Å². The first-order valence-corrected chi connectivity index (χ1v) is 7.87. The number of fused-ring (bicyclic) bond motifs is 1. The fraction of sp³-hybridized carbons (Fsp3) is 0.688. The molecule has 2 saturated heterocycles. The number of nitrogens with one attached hydrogen (secondary N) is 1. The standard InChI is InChI=1S/C16H25N3O2/c1-12-5-6-14(21-12)9-18(2)16(20)11-19-8-13-4-3-7-17-15(13)10-19/h5-6,13,15,17H,3-4,7-11H2,1-2H3/t13-,15+/m0/s1. The van der Waals surface area contributed by atoms with Gasteiger partial charge in [-0.2, -0.15) is 0 Å². The quantitative estimate of drug-likeness (QED) is 0.906. The SMILES string of the molecule is Cc1ccc(CN(C)C(=O)CN2C[C@@H]3CCCN[C@@H]3C2)o1. The van der Waals surface area contributed by atoms with E-state index in [0.717, 1.165) is 37.1 Å². The molecule has 116 valence electrons. The molecular weight excluding hydrogens is 266 g/mol. The zero-order valence-corrected chi connectivity index (χ0v) is 13.0. The van der Waals surface area contributed by atoms with Gasteiger partial charge in [0.15, 0.2) is 0 Å². The van der Waals surface area contributed by atoms with Crippen LogP contribution in [0.5, 0.6) is 0 Å². The van der Waals surface area contributed by atoms with Gasteiger partial charge in [-0.05, 0) is 44.4 Å². The maximum Gasteiger partial charge on any atom is 0.236 e. The lowest BCUT2D eigenvalue weighted by Crippen LogP contribution is -2.41. The number of furan rings is 1. The van der Waals surface area contributed by atoms with Gasteiger partial charge in [0.1, 0.15) is 11.5 Å².